The third-order valence-electron chi connectivity index (χ3n) is 3.59. The van der Waals surface area contributed by atoms with E-state index in [4.69, 9.17) is 9.47 Å². The Morgan fingerprint density at radius 1 is 1.31 bits per heavy atom. The number of anilines is 2. The molecule has 0 atom stereocenters. The predicted octanol–water partition coefficient (Wildman–Crippen LogP) is 4.44. The molecule has 142 valence electrons. The molecule has 0 saturated carbocycles. The highest BCUT2D eigenvalue weighted by Gasteiger charge is 2.10. The second kappa shape index (κ2) is 10.6. The zero-order chi connectivity index (χ0) is 18.8. The van der Waals surface area contributed by atoms with Crippen LogP contribution >= 0.6 is 11.3 Å². The van der Waals surface area contributed by atoms with E-state index < -0.39 is 0 Å². The molecular formula is C18H26N4O3S. The maximum Gasteiger partial charge on any atom is 0.319 e. The van der Waals surface area contributed by atoms with Gasteiger partial charge in [-0.3, -0.25) is 0 Å². The molecular weight excluding hydrogens is 352 g/mol. The van der Waals surface area contributed by atoms with Crippen LogP contribution in [0.1, 0.15) is 31.7 Å². The van der Waals surface area contributed by atoms with Gasteiger partial charge in [0, 0.05) is 32.0 Å². The van der Waals surface area contributed by atoms with Crippen molar-refractivity contribution in [2.24, 2.45) is 0 Å². The minimum Gasteiger partial charge on any atom is -0.445 e. The first-order valence-electron chi connectivity index (χ1n) is 8.64. The van der Waals surface area contributed by atoms with Gasteiger partial charge in [-0.05, 0) is 24.6 Å². The Labute approximate surface area is 158 Å². The number of benzene rings is 1. The van der Waals surface area contributed by atoms with Gasteiger partial charge in [0.2, 0.25) is 5.06 Å². The zero-order valence-corrected chi connectivity index (χ0v) is 16.2. The Morgan fingerprint density at radius 3 is 2.85 bits per heavy atom. The van der Waals surface area contributed by atoms with Crippen LogP contribution < -0.4 is 20.7 Å². The van der Waals surface area contributed by atoms with Gasteiger partial charge in [0.05, 0.1) is 12.8 Å². The summed E-state index contributed by atoms with van der Waals surface area (Å²) in [4.78, 5) is 16.1. The zero-order valence-electron chi connectivity index (χ0n) is 15.4. The van der Waals surface area contributed by atoms with Gasteiger partial charge in [0.15, 0.2) is 5.13 Å². The molecule has 1 aromatic heterocycles. The highest BCUT2D eigenvalue weighted by molar-refractivity contribution is 7.17. The molecule has 8 heteroatoms. The minimum atomic E-state index is -0.209. The van der Waals surface area contributed by atoms with Gasteiger partial charge in [-0.2, -0.15) is 0 Å². The molecule has 3 N–H and O–H groups in total. The van der Waals surface area contributed by atoms with Crippen molar-refractivity contribution in [3.05, 3.63) is 30.0 Å². The fourth-order valence-electron chi connectivity index (χ4n) is 2.31. The lowest BCUT2D eigenvalue weighted by molar-refractivity contribution is 0.182. The van der Waals surface area contributed by atoms with Gasteiger partial charge in [0.25, 0.3) is 0 Å². The largest absolute Gasteiger partial charge is 0.445 e. The number of methoxy groups -OCH3 is 1. The summed E-state index contributed by atoms with van der Waals surface area (Å²) in [7, 11) is 3.43. The van der Waals surface area contributed by atoms with Crippen molar-refractivity contribution < 1.29 is 14.3 Å². The number of amides is 2. The van der Waals surface area contributed by atoms with Crippen LogP contribution in [0.3, 0.4) is 0 Å². The fourth-order valence-corrected chi connectivity index (χ4v) is 2.94. The van der Waals surface area contributed by atoms with Crippen LogP contribution in [0, 0.1) is 0 Å². The monoisotopic (exact) mass is 378 g/mol. The maximum atomic E-state index is 12.0. The van der Waals surface area contributed by atoms with E-state index in [1.807, 2.05) is 19.2 Å². The SMILES string of the molecule is CCCCCNC(=O)Nc1ccc(Oc2cnc(NC)s2)c(COC)c1. The van der Waals surface area contributed by atoms with Crippen molar-refractivity contribution in [3.63, 3.8) is 0 Å². The molecule has 0 radical (unpaired) electrons. The molecule has 2 aromatic rings. The van der Waals surface area contributed by atoms with Crippen LogP contribution in [0.25, 0.3) is 0 Å². The van der Waals surface area contributed by atoms with Crippen LogP contribution in [0.4, 0.5) is 15.6 Å². The molecule has 26 heavy (non-hydrogen) atoms. The smallest absolute Gasteiger partial charge is 0.319 e. The Morgan fingerprint density at radius 2 is 2.15 bits per heavy atom. The van der Waals surface area contributed by atoms with Gasteiger partial charge in [-0.25, -0.2) is 9.78 Å². The summed E-state index contributed by atoms with van der Waals surface area (Å²) in [6, 6.07) is 5.27. The molecule has 0 fully saturated rings. The average Bonchev–Trinajstić information content (AvgIpc) is 3.09. The average molecular weight is 378 g/mol. The number of thiazole rings is 1. The number of urea groups is 1. The van der Waals surface area contributed by atoms with E-state index in [9.17, 15) is 4.79 Å². The van der Waals surface area contributed by atoms with E-state index in [2.05, 4.69) is 27.9 Å². The highest BCUT2D eigenvalue weighted by Crippen LogP contribution is 2.33. The number of unbranched alkanes of at least 4 members (excludes halogenated alkanes) is 2. The van der Waals surface area contributed by atoms with Gasteiger partial charge in [0.1, 0.15) is 5.75 Å². The standard InChI is InChI=1S/C18H26N4O3S/c1-4-5-6-9-20-17(23)22-14-7-8-15(13(10-14)12-24-3)25-16-11-21-18(19-2)26-16/h7-8,10-11H,4-6,9,12H2,1-3H3,(H,19,21)(H2,20,22,23). The molecule has 0 aliphatic rings. The van der Waals surface area contributed by atoms with Crippen molar-refractivity contribution in [2.45, 2.75) is 32.8 Å². The number of rotatable bonds is 10. The van der Waals surface area contributed by atoms with Gasteiger partial charge < -0.3 is 25.4 Å². The molecule has 0 aliphatic heterocycles. The number of nitrogens with one attached hydrogen (secondary N) is 3. The molecule has 2 rings (SSSR count). The van der Waals surface area contributed by atoms with Gasteiger partial charge in [-0.15, -0.1) is 0 Å². The molecule has 0 spiro atoms. The second-order valence-electron chi connectivity index (χ2n) is 5.68. The summed E-state index contributed by atoms with van der Waals surface area (Å²) in [5.74, 6) is 0.673. The van der Waals surface area contributed by atoms with Crippen LogP contribution in [-0.2, 0) is 11.3 Å². The highest BCUT2D eigenvalue weighted by atomic mass is 32.1. The van der Waals surface area contributed by atoms with Crippen molar-refractivity contribution >= 4 is 28.2 Å². The summed E-state index contributed by atoms with van der Waals surface area (Å²) in [6.45, 7) is 3.18. The molecule has 1 heterocycles. The number of nitrogens with zero attached hydrogens (tertiary/aromatic N) is 1. The van der Waals surface area contributed by atoms with E-state index in [-0.39, 0.29) is 6.03 Å². The first-order chi connectivity index (χ1) is 12.7. The maximum absolute atomic E-state index is 12.0. The Bertz CT molecular complexity index is 705. The second-order valence-corrected chi connectivity index (χ2v) is 6.67. The van der Waals surface area contributed by atoms with E-state index in [1.54, 1.807) is 19.4 Å². The third-order valence-corrected chi connectivity index (χ3v) is 4.49. The van der Waals surface area contributed by atoms with E-state index in [0.717, 1.165) is 30.0 Å². The number of hydrogen-bond acceptors (Lipinski definition) is 6. The number of carbonyl (C=O) groups excluding carboxylic acids is 1. The van der Waals surface area contributed by atoms with E-state index >= 15 is 0 Å². The van der Waals surface area contributed by atoms with Crippen LogP contribution in [0.2, 0.25) is 0 Å². The minimum absolute atomic E-state index is 0.209. The lowest BCUT2D eigenvalue weighted by Gasteiger charge is -2.12. The number of carbonyl (C=O) groups is 1. The summed E-state index contributed by atoms with van der Waals surface area (Å²) in [5.41, 5.74) is 1.54. The van der Waals surface area contributed by atoms with Crippen LogP contribution in [-0.4, -0.2) is 31.7 Å². The molecule has 1 aromatic carbocycles. The number of ether oxygens (including phenoxy) is 2. The lowest BCUT2D eigenvalue weighted by atomic mass is 10.2. The lowest BCUT2D eigenvalue weighted by Crippen LogP contribution is -2.29. The molecule has 2 amide bonds. The van der Waals surface area contributed by atoms with Crippen molar-refractivity contribution in [1.29, 1.82) is 0 Å². The molecule has 0 saturated heterocycles. The summed E-state index contributed by atoms with van der Waals surface area (Å²) in [5, 5.41) is 10.1. The first-order valence-corrected chi connectivity index (χ1v) is 9.46. The topological polar surface area (TPSA) is 84.5 Å². The molecule has 7 nitrogen and oxygen atoms in total. The summed E-state index contributed by atoms with van der Waals surface area (Å²) in [6.07, 6.45) is 4.88. The molecule has 0 bridgehead atoms. The number of aromatic nitrogens is 1. The Kier molecular flexibility index (Phi) is 8.17. The fraction of sp³-hybridized carbons (Fsp3) is 0.444. The van der Waals surface area contributed by atoms with Crippen LogP contribution in [0.5, 0.6) is 10.8 Å². The van der Waals surface area contributed by atoms with E-state index in [0.29, 0.717) is 29.7 Å². The summed E-state index contributed by atoms with van der Waals surface area (Å²) >= 11 is 1.42. The Hall–Kier alpha value is -2.32. The quantitative estimate of drug-likeness (QED) is 0.533. The van der Waals surface area contributed by atoms with Crippen molar-refractivity contribution in [2.75, 3.05) is 31.3 Å². The predicted molar refractivity (Wildman–Crippen MR) is 105 cm³/mol. The van der Waals surface area contributed by atoms with Crippen molar-refractivity contribution in [1.82, 2.24) is 10.3 Å². The number of hydrogen-bond donors (Lipinski definition) is 3. The molecule has 0 aliphatic carbocycles. The third kappa shape index (κ3) is 6.20. The van der Waals surface area contributed by atoms with E-state index in [1.165, 1.54) is 11.3 Å². The summed E-state index contributed by atoms with van der Waals surface area (Å²) < 4.78 is 11.2. The van der Waals surface area contributed by atoms with Crippen LogP contribution in [0.15, 0.2) is 24.4 Å². The Balaban J connectivity index is 2.01. The van der Waals surface area contributed by atoms with Gasteiger partial charge in [-0.1, -0.05) is 31.1 Å². The first kappa shape index (κ1) is 20.0. The van der Waals surface area contributed by atoms with Crippen molar-refractivity contribution in [3.8, 4) is 10.8 Å². The molecule has 0 unspecified atom stereocenters. The van der Waals surface area contributed by atoms with Gasteiger partial charge >= 0.3 is 6.03 Å². The normalized spacial score (nSPS) is 10.4.